The maximum absolute atomic E-state index is 13.2. The second-order valence-corrected chi connectivity index (χ2v) is 45.6. The van der Waals surface area contributed by atoms with Crippen LogP contribution >= 0.6 is 22.6 Å². The summed E-state index contributed by atoms with van der Waals surface area (Å²) in [5.41, 5.74) is 10.1. The van der Waals surface area contributed by atoms with E-state index in [1.807, 2.05) is 84.0 Å². The van der Waals surface area contributed by atoms with E-state index in [4.69, 9.17) is 47.4 Å². The second-order valence-electron chi connectivity index (χ2n) is 31.1. The third kappa shape index (κ3) is 27.1. The van der Waals surface area contributed by atoms with Crippen molar-refractivity contribution in [3.63, 3.8) is 0 Å². The van der Waals surface area contributed by atoms with Crippen molar-refractivity contribution < 1.29 is 57.0 Å². The molecule has 0 spiro atoms. The van der Waals surface area contributed by atoms with E-state index in [1.54, 1.807) is 14.2 Å². The number of carbonyl (C=O) groups is 2. The molecule has 9 rings (SSSR count). The SMILES string of the molecule is COc1ccc(CO[C@H]2CCC[C@@H]2/C=C\C(C)C2OC(C)(C)OC2C/C=C/c2cc(C)cc(C)c2C(=O)OCC[Si](C)(C)C)cc1.COc1ccc(CO[C@H]2CCC[C@@H]2/C=C\C(C)C2OC(C)(C)OC2CCI)cc1.Cc1cc(C)c(C(=O)OCC[Si](C)(C)C)c(C[Se]c2ccccc2)c1. The first kappa shape index (κ1) is 82.6. The van der Waals surface area contributed by atoms with Crippen LogP contribution in [0.15, 0.2) is 134 Å². The molecule has 10 atom stereocenters. The maximum atomic E-state index is 13.2. The average Bonchev–Trinajstić information content (AvgIpc) is 1.63. The van der Waals surface area contributed by atoms with Crippen LogP contribution in [0.5, 0.6) is 11.5 Å². The summed E-state index contributed by atoms with van der Waals surface area (Å²) < 4.78 is 62.1. The molecule has 0 amide bonds. The molecule has 0 radical (unpaired) electrons. The average molecular weight is 1580 g/mol. The Morgan fingerprint density at radius 1 is 0.600 bits per heavy atom. The fraction of sp³-hybridized carbons (Fsp3) is 0.548. The van der Waals surface area contributed by atoms with Crippen molar-refractivity contribution in [2.75, 3.05) is 31.9 Å². The van der Waals surface area contributed by atoms with Crippen molar-refractivity contribution in [1.82, 2.24) is 0 Å². The number of carbonyl (C=O) groups excluding carboxylic acids is 2. The van der Waals surface area contributed by atoms with Crippen molar-refractivity contribution in [2.24, 2.45) is 23.7 Å². The molecule has 2 aliphatic heterocycles. The molecule has 2 saturated heterocycles. The number of ether oxygens (including phenoxy) is 10. The molecule has 2 saturated carbocycles. The van der Waals surface area contributed by atoms with Crippen LogP contribution in [-0.2, 0) is 56.4 Å². The Hall–Kier alpha value is -4.70. The Balaban J connectivity index is 0.000000224. The van der Waals surface area contributed by atoms with Gasteiger partial charge in [0.2, 0.25) is 0 Å². The number of hydrogen-bond donors (Lipinski definition) is 0. The predicted octanol–water partition coefficient (Wildman–Crippen LogP) is 19.6. The molecule has 4 aliphatic rings. The summed E-state index contributed by atoms with van der Waals surface area (Å²) in [7, 11) is 0.885. The van der Waals surface area contributed by atoms with E-state index >= 15 is 0 Å². The van der Waals surface area contributed by atoms with Crippen molar-refractivity contribution in [2.45, 2.75) is 239 Å². The van der Waals surface area contributed by atoms with Gasteiger partial charge in [0.1, 0.15) is 11.5 Å². The summed E-state index contributed by atoms with van der Waals surface area (Å²) in [6, 6.07) is 37.0. The number of benzene rings is 5. The quantitative estimate of drug-likeness (QED) is 0.0143. The van der Waals surface area contributed by atoms with Gasteiger partial charge in [-0.3, -0.25) is 0 Å². The van der Waals surface area contributed by atoms with Gasteiger partial charge in [-0.2, -0.15) is 0 Å². The monoisotopic (exact) mass is 1580 g/mol. The minimum absolute atomic E-state index is 0.0822. The fourth-order valence-corrected chi connectivity index (χ4v) is 17.5. The number of aryl methyl sites for hydroxylation is 4. The van der Waals surface area contributed by atoms with Crippen molar-refractivity contribution in [3.8, 4) is 11.5 Å². The molecule has 4 fully saturated rings. The zero-order valence-electron chi connectivity index (χ0n) is 63.6. The first-order chi connectivity index (χ1) is 47.4. The predicted molar refractivity (Wildman–Crippen MR) is 423 cm³/mol. The van der Waals surface area contributed by atoms with Gasteiger partial charge < -0.3 is 42.6 Å². The van der Waals surface area contributed by atoms with Gasteiger partial charge in [0.15, 0.2) is 11.6 Å². The number of rotatable bonds is 30. The van der Waals surface area contributed by atoms with Crippen LogP contribution in [0.2, 0.25) is 51.4 Å². The Kier molecular flexibility index (Phi) is 32.6. The Labute approximate surface area is 623 Å². The van der Waals surface area contributed by atoms with E-state index in [1.165, 1.54) is 34.9 Å². The molecule has 0 aromatic heterocycles. The molecule has 5 aromatic rings. The minimum atomic E-state index is -1.29. The molecule has 100 heavy (non-hydrogen) atoms. The van der Waals surface area contributed by atoms with Crippen LogP contribution in [0, 0.1) is 51.4 Å². The van der Waals surface area contributed by atoms with Crippen molar-refractivity contribution in [1.29, 1.82) is 0 Å². The summed E-state index contributed by atoms with van der Waals surface area (Å²) in [4.78, 5) is 25.9. The van der Waals surface area contributed by atoms with E-state index in [2.05, 4.69) is 187 Å². The van der Waals surface area contributed by atoms with Crippen LogP contribution in [-0.4, -0.2) is 123 Å². The fourth-order valence-electron chi connectivity index (χ4n) is 13.5. The van der Waals surface area contributed by atoms with Gasteiger partial charge in [-0.15, -0.1) is 0 Å². The Morgan fingerprint density at radius 2 is 1.06 bits per heavy atom. The number of alkyl halides is 1. The molecule has 548 valence electrons. The summed E-state index contributed by atoms with van der Waals surface area (Å²) in [6.07, 6.45) is 22.8. The molecule has 6 unspecified atom stereocenters. The number of halogens is 1. The van der Waals surface area contributed by atoms with E-state index in [0.717, 1.165) is 98.0 Å². The normalized spacial score (nSPS) is 22.5. The molecule has 0 bridgehead atoms. The van der Waals surface area contributed by atoms with Crippen LogP contribution in [0.3, 0.4) is 0 Å². The van der Waals surface area contributed by atoms with Gasteiger partial charge in [-0.05, 0) is 133 Å². The first-order valence-electron chi connectivity index (χ1n) is 36.5. The van der Waals surface area contributed by atoms with Crippen LogP contribution in [0.1, 0.15) is 158 Å². The van der Waals surface area contributed by atoms with E-state index in [9.17, 15) is 9.59 Å². The zero-order chi connectivity index (χ0) is 72.8. The third-order valence-corrected chi connectivity index (χ3v) is 25.2. The van der Waals surface area contributed by atoms with Crippen molar-refractivity contribution in [3.05, 3.63) is 189 Å². The summed E-state index contributed by atoms with van der Waals surface area (Å²) >= 11 is 2.73. The topological polar surface area (TPSA) is 126 Å². The zero-order valence-corrected chi connectivity index (χ0v) is 69.4. The number of esters is 2. The Bertz CT molecular complexity index is 3430. The molecular formula is C84H119IO12SeSi2. The third-order valence-electron chi connectivity index (χ3n) is 18.9. The van der Waals surface area contributed by atoms with Gasteiger partial charge in [0, 0.05) is 36.2 Å². The molecule has 2 heterocycles. The number of hydrogen-bond acceptors (Lipinski definition) is 12. The summed E-state index contributed by atoms with van der Waals surface area (Å²) in [5, 5.41) is 0.915. The van der Waals surface area contributed by atoms with Gasteiger partial charge >= 0.3 is 165 Å². The first-order valence-corrected chi connectivity index (χ1v) is 47.5. The van der Waals surface area contributed by atoms with Gasteiger partial charge in [-0.1, -0.05) is 147 Å². The second kappa shape index (κ2) is 39.4. The molecule has 12 nitrogen and oxygen atoms in total. The molecule has 2 aliphatic carbocycles. The van der Waals surface area contributed by atoms with E-state index in [-0.39, 0.29) is 48.4 Å². The standard InChI is InChI=1S/C39H56O6Si.C24H35IO4.C21H28O2SeSi/c1-27-24-29(3)36(38(40)42-22-23-46(7,8)9)32(25-27)13-11-15-35-37(45-39(4,5)44-35)28(2)16-19-31-12-10-14-34(31)43-26-30-17-20-33(41-6)21-18-30;1-17(23-22(14-15-25)28-24(2,3)29-23)8-11-19-6-5-7-21(19)27-16-18-9-12-20(26-4)13-10-18;1-16-13-17(2)20(21(22)23-11-12-25(3,4)5)18(14-16)15-24-19-9-7-6-8-10-19/h11,13,16-21,24-25,28,31,34-35,37H,10,12,14-15,22-23,26H2,1-9H3;8-13,17,19,21-23H,5-7,14-16H2,1-4H3;6-10,13-14H,11-12,15H2,1-5H3/b13-11+,19-16-;11-8-;/t28?,31-,34+,35?,37?;17?,19-,21+,22?,23?;/m11./s1. The van der Waals surface area contributed by atoms with Gasteiger partial charge in [0.25, 0.3) is 0 Å². The van der Waals surface area contributed by atoms with E-state index < -0.39 is 27.7 Å². The van der Waals surface area contributed by atoms with Gasteiger partial charge in [-0.25, -0.2) is 4.79 Å². The molecule has 5 aromatic carbocycles. The molecule has 16 heteroatoms. The Morgan fingerprint density at radius 3 is 1.54 bits per heavy atom. The molecule has 0 N–H and O–H groups in total. The summed E-state index contributed by atoms with van der Waals surface area (Å²) in [5.74, 6) is 1.56. The van der Waals surface area contributed by atoms with Gasteiger partial charge in [0.05, 0.1) is 76.2 Å². The van der Waals surface area contributed by atoms with Crippen LogP contribution in [0.4, 0.5) is 0 Å². The molecular weight excluding hydrogens is 1460 g/mol. The van der Waals surface area contributed by atoms with Crippen molar-refractivity contribution >= 4 is 76.2 Å². The summed E-state index contributed by atoms with van der Waals surface area (Å²) in [6.45, 7) is 36.6. The van der Waals surface area contributed by atoms with Crippen LogP contribution in [0.25, 0.3) is 6.08 Å². The number of methoxy groups -OCH3 is 2. The van der Waals surface area contributed by atoms with E-state index in [0.29, 0.717) is 77.2 Å². The van der Waals surface area contributed by atoms with Crippen LogP contribution < -0.4 is 13.9 Å².